The van der Waals surface area contributed by atoms with Crippen molar-refractivity contribution in [1.29, 1.82) is 0 Å². The normalized spacial score (nSPS) is 10.8. The van der Waals surface area contributed by atoms with Crippen LogP contribution in [0.5, 0.6) is 11.5 Å². The van der Waals surface area contributed by atoms with Crippen LogP contribution in [0.2, 0.25) is 0 Å². The summed E-state index contributed by atoms with van der Waals surface area (Å²) < 4.78 is 17.3. The number of carbonyl (C=O) groups excluding carboxylic acids is 2. The molecule has 1 heterocycles. The van der Waals surface area contributed by atoms with E-state index in [1.165, 1.54) is 5.56 Å². The van der Waals surface area contributed by atoms with Gasteiger partial charge in [-0.05, 0) is 70.4 Å². The predicted molar refractivity (Wildman–Crippen MR) is 130 cm³/mol. The molecule has 0 fully saturated rings. The second-order valence-electron chi connectivity index (χ2n) is 7.32. The van der Waals surface area contributed by atoms with Crippen molar-refractivity contribution >= 4 is 44.3 Å². The number of carbonyl (C=O) groups is 2. The van der Waals surface area contributed by atoms with E-state index in [1.54, 1.807) is 43.5 Å². The second kappa shape index (κ2) is 9.92. The van der Waals surface area contributed by atoms with Gasteiger partial charge >= 0.3 is 0 Å². The Morgan fingerprint density at radius 1 is 1.03 bits per heavy atom. The molecular weight excluding hydrogens is 486 g/mol. The average Bonchev–Trinajstić information content (AvgIpc) is 3.20. The zero-order valence-corrected chi connectivity index (χ0v) is 19.8. The number of nitrogens with one attached hydrogen (secondary N) is 1. The van der Waals surface area contributed by atoms with Gasteiger partial charge in [0.25, 0.3) is 5.91 Å². The quantitative estimate of drug-likeness (QED) is 0.295. The summed E-state index contributed by atoms with van der Waals surface area (Å²) in [6.07, 6.45) is 0.926. The summed E-state index contributed by atoms with van der Waals surface area (Å²) in [4.78, 5) is 26.0. The molecule has 1 N–H and O–H groups in total. The van der Waals surface area contributed by atoms with Crippen molar-refractivity contribution in [3.8, 4) is 11.5 Å². The van der Waals surface area contributed by atoms with Crippen LogP contribution < -0.4 is 14.8 Å². The number of para-hydroxylation sites is 1. The van der Waals surface area contributed by atoms with E-state index in [9.17, 15) is 9.59 Å². The molecule has 168 valence electrons. The molecule has 0 bridgehead atoms. The van der Waals surface area contributed by atoms with Gasteiger partial charge in [-0.15, -0.1) is 0 Å². The molecule has 33 heavy (non-hydrogen) atoms. The smallest absolute Gasteiger partial charge is 0.262 e. The lowest BCUT2D eigenvalue weighted by Crippen LogP contribution is -2.21. The lowest BCUT2D eigenvalue weighted by Gasteiger charge is -2.09. The van der Waals surface area contributed by atoms with E-state index in [0.29, 0.717) is 38.2 Å². The summed E-state index contributed by atoms with van der Waals surface area (Å²) in [5.74, 6) is 0.494. The van der Waals surface area contributed by atoms with Crippen LogP contribution in [0.3, 0.4) is 0 Å². The Hall–Kier alpha value is -3.58. The Balaban J connectivity index is 1.58. The van der Waals surface area contributed by atoms with E-state index >= 15 is 0 Å². The van der Waals surface area contributed by atoms with Crippen molar-refractivity contribution in [2.75, 3.05) is 19.0 Å². The molecule has 0 saturated heterocycles. The molecule has 1 aromatic heterocycles. The maximum absolute atomic E-state index is 13.3. The minimum absolute atomic E-state index is 0.0499. The average molecular weight is 508 g/mol. The summed E-state index contributed by atoms with van der Waals surface area (Å²) >= 11 is 3.40. The van der Waals surface area contributed by atoms with E-state index < -0.39 is 5.91 Å². The summed E-state index contributed by atoms with van der Waals surface area (Å²) in [6, 6.07) is 19.7. The van der Waals surface area contributed by atoms with Gasteiger partial charge in [0.1, 0.15) is 17.1 Å². The highest BCUT2D eigenvalue weighted by Gasteiger charge is 2.24. The summed E-state index contributed by atoms with van der Waals surface area (Å²) in [5.41, 5.74) is 2.40. The highest BCUT2D eigenvalue weighted by atomic mass is 79.9. The first-order chi connectivity index (χ1) is 16.0. The molecule has 1 amide bonds. The Morgan fingerprint density at radius 2 is 1.79 bits per heavy atom. The monoisotopic (exact) mass is 507 g/mol. The fraction of sp³-hybridized carbons (Fsp3) is 0.154. The number of fused-ring (bicyclic) bond motifs is 1. The van der Waals surface area contributed by atoms with E-state index in [4.69, 9.17) is 13.9 Å². The van der Waals surface area contributed by atoms with Crippen LogP contribution in [0.1, 0.15) is 28.6 Å². The highest BCUT2D eigenvalue weighted by Crippen LogP contribution is 2.34. The van der Waals surface area contributed by atoms with Gasteiger partial charge in [0.2, 0.25) is 5.78 Å². The van der Waals surface area contributed by atoms with Gasteiger partial charge in [0.05, 0.1) is 17.3 Å². The first kappa shape index (κ1) is 22.6. The number of hydrogen-bond acceptors (Lipinski definition) is 5. The first-order valence-electron chi connectivity index (χ1n) is 10.4. The predicted octanol–water partition coefficient (Wildman–Crippen LogP) is 6.01. The minimum Gasteiger partial charge on any atom is -0.496 e. The first-order valence-corrected chi connectivity index (χ1v) is 11.2. The molecule has 3 aromatic carbocycles. The molecule has 0 aliphatic rings. The highest BCUT2D eigenvalue weighted by molar-refractivity contribution is 9.10. The van der Waals surface area contributed by atoms with Gasteiger partial charge in [0, 0.05) is 10.9 Å². The van der Waals surface area contributed by atoms with Crippen LogP contribution >= 0.6 is 15.9 Å². The van der Waals surface area contributed by atoms with Crippen molar-refractivity contribution in [1.82, 2.24) is 0 Å². The molecule has 0 radical (unpaired) electrons. The Bertz CT molecular complexity index is 1310. The van der Waals surface area contributed by atoms with Gasteiger partial charge in [-0.1, -0.05) is 31.2 Å². The van der Waals surface area contributed by atoms with E-state index in [1.807, 2.05) is 30.3 Å². The third-order valence-electron chi connectivity index (χ3n) is 5.18. The van der Waals surface area contributed by atoms with Gasteiger partial charge in [-0.2, -0.15) is 0 Å². The van der Waals surface area contributed by atoms with E-state index in [-0.39, 0.29) is 18.2 Å². The topological polar surface area (TPSA) is 77.8 Å². The lowest BCUT2D eigenvalue weighted by molar-refractivity contribution is -0.118. The molecule has 0 saturated carbocycles. The Morgan fingerprint density at radius 3 is 2.48 bits per heavy atom. The number of methoxy groups -OCH3 is 1. The standard InChI is InChI=1S/C26H22BrNO5/c1-3-16-8-11-18(12-9-16)32-15-23(29)28-24-19-6-4-5-7-21(19)33-26(24)25(30)17-10-13-22(31-2)20(27)14-17/h4-14H,3,15H2,1-2H3,(H,28,29). The molecule has 4 rings (SSSR count). The zero-order chi connectivity index (χ0) is 23.4. The molecule has 6 nitrogen and oxygen atoms in total. The molecule has 0 aliphatic carbocycles. The molecule has 0 atom stereocenters. The number of halogens is 1. The molecule has 0 aliphatic heterocycles. The van der Waals surface area contributed by atoms with Gasteiger partial charge < -0.3 is 19.2 Å². The number of amides is 1. The number of aryl methyl sites for hydroxylation is 1. The number of ether oxygens (including phenoxy) is 2. The van der Waals surface area contributed by atoms with Crippen LogP contribution in [0.25, 0.3) is 11.0 Å². The summed E-state index contributed by atoms with van der Waals surface area (Å²) in [7, 11) is 1.55. The Labute approximate surface area is 199 Å². The molecular formula is C26H22BrNO5. The van der Waals surface area contributed by atoms with Crippen molar-refractivity contribution in [2.24, 2.45) is 0 Å². The largest absolute Gasteiger partial charge is 0.496 e. The number of furan rings is 1. The lowest BCUT2D eigenvalue weighted by atomic mass is 10.1. The SMILES string of the molecule is CCc1ccc(OCC(=O)Nc2c(C(=O)c3ccc(OC)c(Br)c3)oc3ccccc23)cc1. The van der Waals surface area contributed by atoms with Gasteiger partial charge in [-0.25, -0.2) is 0 Å². The summed E-state index contributed by atoms with van der Waals surface area (Å²) in [6.45, 7) is 1.87. The van der Waals surface area contributed by atoms with Crippen LogP contribution in [-0.2, 0) is 11.2 Å². The minimum atomic E-state index is -0.397. The maximum Gasteiger partial charge on any atom is 0.262 e. The number of rotatable bonds is 8. The van der Waals surface area contributed by atoms with Gasteiger partial charge in [-0.3, -0.25) is 9.59 Å². The molecule has 7 heteroatoms. The molecule has 0 unspecified atom stereocenters. The van der Waals surface area contributed by atoms with Crippen LogP contribution in [0, 0.1) is 0 Å². The third-order valence-corrected chi connectivity index (χ3v) is 5.80. The maximum atomic E-state index is 13.3. The number of anilines is 1. The van der Waals surface area contributed by atoms with Crippen LogP contribution in [-0.4, -0.2) is 25.4 Å². The molecule has 4 aromatic rings. The van der Waals surface area contributed by atoms with E-state index in [2.05, 4.69) is 28.2 Å². The second-order valence-corrected chi connectivity index (χ2v) is 8.17. The number of benzene rings is 3. The van der Waals surface area contributed by atoms with E-state index in [0.717, 1.165) is 6.42 Å². The van der Waals surface area contributed by atoms with Crippen molar-refractivity contribution in [3.63, 3.8) is 0 Å². The van der Waals surface area contributed by atoms with Crippen LogP contribution in [0.4, 0.5) is 5.69 Å². The third kappa shape index (κ3) is 4.93. The van der Waals surface area contributed by atoms with Crippen molar-refractivity contribution < 1.29 is 23.5 Å². The van der Waals surface area contributed by atoms with Crippen LogP contribution in [0.15, 0.2) is 75.6 Å². The fourth-order valence-electron chi connectivity index (χ4n) is 3.41. The fourth-order valence-corrected chi connectivity index (χ4v) is 3.95. The number of hydrogen-bond donors (Lipinski definition) is 1. The van der Waals surface area contributed by atoms with Gasteiger partial charge in [0.15, 0.2) is 12.4 Å². The number of ketones is 1. The Kier molecular flexibility index (Phi) is 6.79. The molecule has 0 spiro atoms. The van der Waals surface area contributed by atoms with Crippen molar-refractivity contribution in [3.05, 3.63) is 88.1 Å². The summed E-state index contributed by atoms with van der Waals surface area (Å²) in [5, 5.41) is 3.43. The zero-order valence-electron chi connectivity index (χ0n) is 18.2. The van der Waals surface area contributed by atoms with Crippen molar-refractivity contribution in [2.45, 2.75) is 13.3 Å².